The quantitative estimate of drug-likeness (QED) is 0.551. The number of nitrogens with one attached hydrogen (secondary N) is 2. The molecule has 2 N–H and O–H groups in total. The Labute approximate surface area is 194 Å². The van der Waals surface area contributed by atoms with Gasteiger partial charge in [0, 0.05) is 35.5 Å². The Kier molecular flexibility index (Phi) is 6.83. The zero-order chi connectivity index (χ0) is 23.2. The molecule has 1 aliphatic heterocycles. The molecule has 168 valence electrons. The third-order valence-corrected chi connectivity index (χ3v) is 5.91. The highest BCUT2D eigenvalue weighted by Crippen LogP contribution is 2.25. The molecule has 2 atom stereocenters. The van der Waals surface area contributed by atoms with Gasteiger partial charge in [0.25, 0.3) is 5.91 Å². The maximum absolute atomic E-state index is 13.0. The van der Waals surface area contributed by atoms with Crippen molar-refractivity contribution in [1.29, 1.82) is 0 Å². The van der Waals surface area contributed by atoms with E-state index in [-0.39, 0.29) is 17.9 Å². The molecular weight excluding hydrogens is 412 g/mol. The SMILES string of the molecule is CCN(CC)c1ccc(/C=[N+]2\NC(=O)[C@H](NC(=O)c3ccccc3)[C@@H]2c2ccccc2)cc1. The topological polar surface area (TPSA) is 64.5 Å². The third-order valence-electron chi connectivity index (χ3n) is 5.91. The summed E-state index contributed by atoms with van der Waals surface area (Å²) >= 11 is 0. The van der Waals surface area contributed by atoms with Gasteiger partial charge in [-0.05, 0) is 50.2 Å². The van der Waals surface area contributed by atoms with E-state index in [9.17, 15) is 9.59 Å². The van der Waals surface area contributed by atoms with E-state index in [1.807, 2.05) is 54.7 Å². The average molecular weight is 442 g/mol. The Morgan fingerprint density at radius 2 is 1.55 bits per heavy atom. The van der Waals surface area contributed by atoms with Gasteiger partial charge in [0.15, 0.2) is 6.04 Å². The predicted octanol–water partition coefficient (Wildman–Crippen LogP) is 3.55. The van der Waals surface area contributed by atoms with Crippen LogP contribution < -0.4 is 15.6 Å². The van der Waals surface area contributed by atoms with Gasteiger partial charge in [-0.1, -0.05) is 48.5 Å². The number of carbonyl (C=O) groups excluding carboxylic acids is 2. The Morgan fingerprint density at radius 1 is 0.939 bits per heavy atom. The molecule has 1 saturated heterocycles. The number of nitrogens with zero attached hydrogens (tertiary/aromatic N) is 2. The lowest BCUT2D eigenvalue weighted by Gasteiger charge is -2.20. The fraction of sp³-hybridized carbons (Fsp3) is 0.222. The monoisotopic (exact) mass is 441 g/mol. The van der Waals surface area contributed by atoms with Crippen molar-refractivity contribution in [2.24, 2.45) is 0 Å². The van der Waals surface area contributed by atoms with Crippen molar-refractivity contribution in [3.8, 4) is 0 Å². The Bertz CT molecular complexity index is 1120. The lowest BCUT2D eigenvalue weighted by atomic mass is 10.00. The molecule has 1 heterocycles. The number of carbonyl (C=O) groups is 2. The Hall–Kier alpha value is -3.93. The largest absolute Gasteiger partial charge is 0.372 e. The van der Waals surface area contributed by atoms with Crippen molar-refractivity contribution in [2.75, 3.05) is 18.0 Å². The van der Waals surface area contributed by atoms with E-state index >= 15 is 0 Å². The lowest BCUT2D eigenvalue weighted by Crippen LogP contribution is -2.42. The molecule has 3 aromatic carbocycles. The summed E-state index contributed by atoms with van der Waals surface area (Å²) in [5.74, 6) is -0.522. The second kappa shape index (κ2) is 10.1. The highest BCUT2D eigenvalue weighted by molar-refractivity contribution is 5.98. The normalized spacial score (nSPS) is 18.7. The van der Waals surface area contributed by atoms with E-state index < -0.39 is 6.04 Å². The molecule has 0 aromatic heterocycles. The number of anilines is 1. The van der Waals surface area contributed by atoms with E-state index in [1.165, 1.54) is 0 Å². The highest BCUT2D eigenvalue weighted by atomic mass is 16.2. The van der Waals surface area contributed by atoms with E-state index in [4.69, 9.17) is 0 Å². The van der Waals surface area contributed by atoms with E-state index in [1.54, 1.807) is 28.9 Å². The molecule has 0 spiro atoms. The van der Waals surface area contributed by atoms with Crippen molar-refractivity contribution < 1.29 is 14.3 Å². The van der Waals surface area contributed by atoms with Crippen LogP contribution in [0.25, 0.3) is 0 Å². The first-order valence-corrected chi connectivity index (χ1v) is 11.3. The predicted molar refractivity (Wildman–Crippen MR) is 130 cm³/mol. The smallest absolute Gasteiger partial charge is 0.304 e. The molecule has 6 heteroatoms. The first kappa shape index (κ1) is 22.3. The van der Waals surface area contributed by atoms with Crippen LogP contribution in [0.4, 0.5) is 5.69 Å². The number of hydrazine groups is 1. The third kappa shape index (κ3) is 4.95. The minimum absolute atomic E-state index is 0.246. The second-order valence-electron chi connectivity index (χ2n) is 7.95. The maximum atomic E-state index is 13.0. The van der Waals surface area contributed by atoms with E-state index in [0.717, 1.165) is 29.9 Å². The molecule has 1 fully saturated rings. The van der Waals surface area contributed by atoms with Gasteiger partial charge in [0.2, 0.25) is 12.3 Å². The van der Waals surface area contributed by atoms with Crippen LogP contribution in [0.2, 0.25) is 0 Å². The van der Waals surface area contributed by atoms with Gasteiger partial charge in [0.05, 0.1) is 0 Å². The summed E-state index contributed by atoms with van der Waals surface area (Å²) in [4.78, 5) is 28.1. The molecule has 3 aromatic rings. The fourth-order valence-electron chi connectivity index (χ4n) is 4.17. The Balaban J connectivity index is 1.65. The zero-order valence-corrected chi connectivity index (χ0v) is 18.9. The zero-order valence-electron chi connectivity index (χ0n) is 18.9. The number of hydrogen-bond acceptors (Lipinski definition) is 3. The summed E-state index contributed by atoms with van der Waals surface area (Å²) in [5, 5.41) is 2.93. The summed E-state index contributed by atoms with van der Waals surface area (Å²) in [7, 11) is 0. The number of hydrogen-bond donors (Lipinski definition) is 2. The first-order valence-electron chi connectivity index (χ1n) is 11.3. The molecule has 0 radical (unpaired) electrons. The molecule has 0 unspecified atom stereocenters. The van der Waals surface area contributed by atoms with E-state index in [0.29, 0.717) is 5.56 Å². The van der Waals surface area contributed by atoms with Gasteiger partial charge in [-0.15, -0.1) is 10.1 Å². The molecule has 0 bridgehead atoms. The van der Waals surface area contributed by atoms with Gasteiger partial charge in [0.1, 0.15) is 0 Å². The van der Waals surface area contributed by atoms with E-state index in [2.05, 4.69) is 41.6 Å². The second-order valence-corrected chi connectivity index (χ2v) is 7.95. The van der Waals surface area contributed by atoms with Gasteiger partial charge < -0.3 is 10.2 Å². The maximum Gasteiger partial charge on any atom is 0.304 e. The van der Waals surface area contributed by atoms with Crippen LogP contribution in [-0.4, -0.2) is 41.8 Å². The molecule has 1 aliphatic rings. The molecule has 6 nitrogen and oxygen atoms in total. The molecule has 2 amide bonds. The standard InChI is InChI=1S/C27H28N4O2/c1-3-30(4-2)23-17-15-20(16-18-23)19-31-25(21-11-7-5-8-12-21)24(27(33)29-31)28-26(32)22-13-9-6-10-14-22/h5-19,24-25H,3-4H2,1-2H3,(H-,28,29,32,33)/p+1/t24-,25+/m1/s1. The summed E-state index contributed by atoms with van der Waals surface area (Å²) in [5.41, 5.74) is 6.51. The van der Waals surface area contributed by atoms with Crippen LogP contribution in [0.1, 0.15) is 41.4 Å². The van der Waals surface area contributed by atoms with Crippen molar-refractivity contribution in [3.63, 3.8) is 0 Å². The summed E-state index contributed by atoms with van der Waals surface area (Å²) in [6, 6.07) is 25.8. The van der Waals surface area contributed by atoms with Gasteiger partial charge in [-0.2, -0.15) is 0 Å². The molecule has 33 heavy (non-hydrogen) atoms. The van der Waals surface area contributed by atoms with Crippen LogP contribution in [0.15, 0.2) is 84.9 Å². The summed E-state index contributed by atoms with van der Waals surface area (Å²) in [6.07, 6.45) is 1.91. The Morgan fingerprint density at radius 3 is 2.15 bits per heavy atom. The minimum Gasteiger partial charge on any atom is -0.372 e. The van der Waals surface area contributed by atoms with Crippen molar-refractivity contribution in [2.45, 2.75) is 25.9 Å². The lowest BCUT2D eigenvalue weighted by molar-refractivity contribution is -0.596. The first-order chi connectivity index (χ1) is 16.1. The van der Waals surface area contributed by atoms with Gasteiger partial charge in [-0.3, -0.25) is 9.59 Å². The van der Waals surface area contributed by atoms with Crippen LogP contribution in [0.3, 0.4) is 0 Å². The van der Waals surface area contributed by atoms with Crippen molar-refractivity contribution >= 4 is 23.7 Å². The number of benzene rings is 3. The van der Waals surface area contributed by atoms with Crippen molar-refractivity contribution in [1.82, 2.24) is 10.7 Å². The van der Waals surface area contributed by atoms with Gasteiger partial charge >= 0.3 is 5.91 Å². The molecule has 0 saturated carbocycles. The van der Waals surface area contributed by atoms with Crippen molar-refractivity contribution in [3.05, 3.63) is 102 Å². The van der Waals surface area contributed by atoms with Crippen LogP contribution in [-0.2, 0) is 4.79 Å². The number of amides is 2. The minimum atomic E-state index is -0.730. The number of rotatable bonds is 7. The summed E-state index contributed by atoms with van der Waals surface area (Å²) in [6.45, 7) is 6.16. The number of hydrazone groups is 1. The average Bonchev–Trinajstić information content (AvgIpc) is 3.16. The highest BCUT2D eigenvalue weighted by Gasteiger charge is 2.47. The van der Waals surface area contributed by atoms with Crippen LogP contribution >= 0.6 is 0 Å². The molecule has 0 aliphatic carbocycles. The van der Waals surface area contributed by atoms with Gasteiger partial charge in [-0.25, -0.2) is 0 Å². The fourth-order valence-corrected chi connectivity index (χ4v) is 4.17. The molecular formula is C27H29N4O2+. The molecule has 4 rings (SSSR count). The van der Waals surface area contributed by atoms with Crippen LogP contribution in [0.5, 0.6) is 0 Å². The summed E-state index contributed by atoms with van der Waals surface area (Å²) < 4.78 is 1.79. The van der Waals surface area contributed by atoms with Crippen LogP contribution in [0, 0.1) is 0 Å².